The van der Waals surface area contributed by atoms with Gasteiger partial charge in [0, 0.05) is 52.7 Å². The first-order valence-electron chi connectivity index (χ1n) is 9.48. The van der Waals surface area contributed by atoms with E-state index < -0.39 is 0 Å². The van der Waals surface area contributed by atoms with E-state index in [2.05, 4.69) is 31.9 Å². The molecule has 3 rings (SSSR count). The summed E-state index contributed by atoms with van der Waals surface area (Å²) >= 11 is 0. The fourth-order valence-electron chi connectivity index (χ4n) is 3.48. The molecule has 0 aliphatic carbocycles. The lowest BCUT2D eigenvalue weighted by molar-refractivity contribution is 0.0944. The zero-order valence-electron chi connectivity index (χ0n) is 15.8. The van der Waals surface area contributed by atoms with E-state index in [4.69, 9.17) is 4.74 Å². The first-order chi connectivity index (χ1) is 13.2. The van der Waals surface area contributed by atoms with Gasteiger partial charge < -0.3 is 19.7 Å². The van der Waals surface area contributed by atoms with Gasteiger partial charge in [0.05, 0.1) is 6.04 Å². The third-order valence-corrected chi connectivity index (χ3v) is 4.81. The first-order valence-corrected chi connectivity index (χ1v) is 9.48. The van der Waals surface area contributed by atoms with Crippen LogP contribution in [0.5, 0.6) is 0 Å². The lowest BCUT2D eigenvalue weighted by Crippen LogP contribution is -2.39. The summed E-state index contributed by atoms with van der Waals surface area (Å²) < 4.78 is 7.09. The zero-order valence-corrected chi connectivity index (χ0v) is 15.8. The van der Waals surface area contributed by atoms with Crippen LogP contribution in [0.3, 0.4) is 0 Å². The van der Waals surface area contributed by atoms with Gasteiger partial charge in [0.25, 0.3) is 5.91 Å². The number of ether oxygens (including phenoxy) is 1. The lowest BCUT2D eigenvalue weighted by atomic mass is 10.0. The number of benzene rings is 1. The van der Waals surface area contributed by atoms with Crippen LogP contribution in [0.15, 0.2) is 36.5 Å². The molecule has 1 aliphatic rings. The third-order valence-electron chi connectivity index (χ3n) is 4.81. The predicted molar refractivity (Wildman–Crippen MR) is 103 cm³/mol. The standard InChI is InChI=1S/C20H28N4O3/c1-27-14-5-9-21-20(26)17-15-24-12-11-23(10-6-13-25)18(19(24)22-17)16-7-3-2-4-8-16/h2-4,7-8,15,18,25H,5-6,9-14H2,1H3,(H,21,26). The van der Waals surface area contributed by atoms with Crippen LogP contribution in [-0.4, -0.2) is 65.4 Å². The molecule has 7 heteroatoms. The van der Waals surface area contributed by atoms with Crippen molar-refractivity contribution in [1.29, 1.82) is 0 Å². The van der Waals surface area contributed by atoms with Crippen LogP contribution in [0.1, 0.15) is 40.8 Å². The molecule has 1 aromatic carbocycles. The molecule has 1 amide bonds. The Morgan fingerprint density at radius 3 is 2.85 bits per heavy atom. The van der Waals surface area contributed by atoms with Crippen molar-refractivity contribution in [3.8, 4) is 0 Å². The van der Waals surface area contributed by atoms with Crippen LogP contribution in [0.4, 0.5) is 0 Å². The maximum atomic E-state index is 12.4. The number of rotatable bonds is 9. The van der Waals surface area contributed by atoms with Crippen molar-refractivity contribution in [2.24, 2.45) is 0 Å². The lowest BCUT2D eigenvalue weighted by Gasteiger charge is -2.36. The summed E-state index contributed by atoms with van der Waals surface area (Å²) in [7, 11) is 1.65. The van der Waals surface area contributed by atoms with Gasteiger partial charge in [-0.25, -0.2) is 4.98 Å². The summed E-state index contributed by atoms with van der Waals surface area (Å²) in [5.41, 5.74) is 1.60. The molecule has 0 saturated heterocycles. The molecule has 2 aromatic rings. The summed E-state index contributed by atoms with van der Waals surface area (Å²) in [6.45, 7) is 3.80. The second-order valence-electron chi connectivity index (χ2n) is 6.71. The number of aliphatic hydroxyl groups excluding tert-OH is 1. The number of nitrogens with zero attached hydrogens (tertiary/aromatic N) is 3. The Morgan fingerprint density at radius 2 is 2.11 bits per heavy atom. The number of hydrogen-bond donors (Lipinski definition) is 2. The Hall–Kier alpha value is -2.22. The summed E-state index contributed by atoms with van der Waals surface area (Å²) in [4.78, 5) is 19.5. The van der Waals surface area contributed by atoms with Crippen LogP contribution in [0.2, 0.25) is 0 Å². The van der Waals surface area contributed by atoms with Crippen LogP contribution < -0.4 is 5.32 Å². The average Bonchev–Trinajstić information content (AvgIpc) is 3.14. The normalized spacial score (nSPS) is 16.9. The number of hydrogen-bond acceptors (Lipinski definition) is 5. The average molecular weight is 372 g/mol. The number of imidazole rings is 1. The number of nitrogens with one attached hydrogen (secondary N) is 1. The minimum atomic E-state index is -0.151. The Balaban J connectivity index is 1.81. The Morgan fingerprint density at radius 1 is 1.30 bits per heavy atom. The van der Waals surface area contributed by atoms with E-state index in [0.29, 0.717) is 18.8 Å². The molecule has 0 radical (unpaired) electrons. The smallest absolute Gasteiger partial charge is 0.271 e. The highest BCUT2D eigenvalue weighted by Crippen LogP contribution is 2.31. The summed E-state index contributed by atoms with van der Waals surface area (Å²) in [5, 5.41) is 12.1. The Kier molecular flexibility index (Phi) is 6.98. The summed E-state index contributed by atoms with van der Waals surface area (Å²) in [6.07, 6.45) is 3.34. The third kappa shape index (κ3) is 4.74. The number of methoxy groups -OCH3 is 1. The largest absolute Gasteiger partial charge is 0.396 e. The number of carbonyl (C=O) groups excluding carboxylic acids is 1. The zero-order chi connectivity index (χ0) is 19.1. The van der Waals surface area contributed by atoms with Crippen LogP contribution in [0.25, 0.3) is 0 Å². The molecular weight excluding hydrogens is 344 g/mol. The van der Waals surface area contributed by atoms with Crippen molar-refractivity contribution >= 4 is 5.91 Å². The maximum absolute atomic E-state index is 12.4. The van der Waals surface area contributed by atoms with E-state index in [1.165, 1.54) is 0 Å². The minimum absolute atomic E-state index is 0.0125. The molecular formula is C20H28N4O3. The molecule has 146 valence electrons. The molecule has 27 heavy (non-hydrogen) atoms. The van der Waals surface area contributed by atoms with Crippen LogP contribution >= 0.6 is 0 Å². The highest BCUT2D eigenvalue weighted by Gasteiger charge is 2.31. The van der Waals surface area contributed by atoms with Crippen molar-refractivity contribution in [1.82, 2.24) is 19.8 Å². The molecule has 1 atom stereocenters. The molecule has 1 aromatic heterocycles. The van der Waals surface area contributed by atoms with Gasteiger partial charge in [0.1, 0.15) is 11.5 Å². The SMILES string of the molecule is COCCCNC(=O)c1cn2c(n1)C(c1ccccc1)N(CCCO)CC2. The van der Waals surface area contributed by atoms with Crippen molar-refractivity contribution in [3.63, 3.8) is 0 Å². The van der Waals surface area contributed by atoms with E-state index >= 15 is 0 Å². The van der Waals surface area contributed by atoms with E-state index in [1.54, 1.807) is 7.11 Å². The molecule has 7 nitrogen and oxygen atoms in total. The van der Waals surface area contributed by atoms with Gasteiger partial charge in [-0.2, -0.15) is 0 Å². The fraction of sp³-hybridized carbons (Fsp3) is 0.500. The molecule has 0 spiro atoms. The predicted octanol–water partition coefficient (Wildman–Crippen LogP) is 1.44. The van der Waals surface area contributed by atoms with Gasteiger partial charge >= 0.3 is 0 Å². The van der Waals surface area contributed by atoms with Gasteiger partial charge in [-0.3, -0.25) is 9.69 Å². The van der Waals surface area contributed by atoms with Crippen molar-refractivity contribution in [2.45, 2.75) is 25.4 Å². The molecule has 0 saturated carbocycles. The highest BCUT2D eigenvalue weighted by molar-refractivity contribution is 5.92. The molecule has 2 heterocycles. The van der Waals surface area contributed by atoms with Gasteiger partial charge in [0.15, 0.2) is 0 Å². The Bertz CT molecular complexity index is 732. The number of aromatic nitrogens is 2. The number of fused-ring (bicyclic) bond motifs is 1. The quantitative estimate of drug-likeness (QED) is 0.651. The van der Waals surface area contributed by atoms with Crippen molar-refractivity contribution in [2.75, 3.05) is 40.0 Å². The van der Waals surface area contributed by atoms with E-state index in [-0.39, 0.29) is 18.6 Å². The number of aliphatic hydroxyl groups is 1. The van der Waals surface area contributed by atoms with Gasteiger partial charge in [-0.1, -0.05) is 30.3 Å². The number of carbonyl (C=O) groups is 1. The molecule has 1 aliphatic heterocycles. The maximum Gasteiger partial charge on any atom is 0.271 e. The first kappa shape index (κ1) is 19.5. The summed E-state index contributed by atoms with van der Waals surface area (Å²) in [6, 6.07) is 10.2. The van der Waals surface area contributed by atoms with Crippen molar-refractivity contribution in [3.05, 3.63) is 53.6 Å². The van der Waals surface area contributed by atoms with Gasteiger partial charge in [-0.15, -0.1) is 0 Å². The second-order valence-corrected chi connectivity index (χ2v) is 6.71. The Labute approximate surface area is 160 Å². The highest BCUT2D eigenvalue weighted by atomic mass is 16.5. The topological polar surface area (TPSA) is 79.6 Å². The fourth-order valence-corrected chi connectivity index (χ4v) is 3.48. The molecule has 0 bridgehead atoms. The van der Waals surface area contributed by atoms with E-state index in [9.17, 15) is 9.90 Å². The number of amides is 1. The molecule has 0 fully saturated rings. The van der Waals surface area contributed by atoms with E-state index in [0.717, 1.165) is 43.9 Å². The van der Waals surface area contributed by atoms with Crippen LogP contribution in [-0.2, 0) is 11.3 Å². The monoisotopic (exact) mass is 372 g/mol. The summed E-state index contributed by atoms with van der Waals surface area (Å²) in [5.74, 6) is 0.731. The van der Waals surface area contributed by atoms with Crippen molar-refractivity contribution < 1.29 is 14.6 Å². The van der Waals surface area contributed by atoms with E-state index in [1.807, 2.05) is 24.4 Å². The van der Waals surface area contributed by atoms with Gasteiger partial charge in [0.2, 0.25) is 0 Å². The van der Waals surface area contributed by atoms with Crippen LogP contribution in [0, 0.1) is 0 Å². The van der Waals surface area contributed by atoms with Gasteiger partial charge in [-0.05, 0) is 18.4 Å². The minimum Gasteiger partial charge on any atom is -0.396 e. The molecule has 1 unspecified atom stereocenters. The second kappa shape index (κ2) is 9.64. The molecule has 2 N–H and O–H groups in total.